The quantitative estimate of drug-likeness (QED) is 0.868. The van der Waals surface area contributed by atoms with Crippen molar-refractivity contribution in [2.45, 2.75) is 25.8 Å². The number of amides is 1. The summed E-state index contributed by atoms with van der Waals surface area (Å²) in [4.78, 5) is 11.6. The molecular formula is C12H18BrClN2O2. The number of rotatable bonds is 5. The second-order valence-corrected chi connectivity index (χ2v) is 4.77. The Bertz CT molecular complexity index is 400. The average molecular weight is 338 g/mol. The summed E-state index contributed by atoms with van der Waals surface area (Å²) >= 11 is 3.35. The maximum absolute atomic E-state index is 11.6. The molecule has 3 N–H and O–H groups in total. The van der Waals surface area contributed by atoms with Crippen LogP contribution < -0.4 is 15.8 Å². The number of halogens is 2. The minimum Gasteiger partial charge on any atom is -0.495 e. The molecule has 6 heteroatoms. The summed E-state index contributed by atoms with van der Waals surface area (Å²) in [6.07, 6.45) is 1.11. The van der Waals surface area contributed by atoms with Crippen LogP contribution in [-0.4, -0.2) is 19.1 Å². The lowest BCUT2D eigenvalue weighted by molar-refractivity contribution is -0.116. The highest BCUT2D eigenvalue weighted by Crippen LogP contribution is 2.27. The Morgan fingerprint density at radius 3 is 2.78 bits per heavy atom. The molecular weight excluding hydrogens is 320 g/mol. The predicted molar refractivity (Wildman–Crippen MR) is 79.5 cm³/mol. The molecule has 1 rings (SSSR count). The molecule has 102 valence electrons. The molecule has 0 aliphatic carbocycles. The molecule has 1 unspecified atom stereocenters. The fraction of sp³-hybridized carbons (Fsp3) is 0.417. The predicted octanol–water partition coefficient (Wildman–Crippen LogP) is 2.95. The first-order valence-corrected chi connectivity index (χ1v) is 6.21. The minimum absolute atomic E-state index is 0. The van der Waals surface area contributed by atoms with Crippen LogP contribution in [0.3, 0.4) is 0 Å². The molecule has 0 radical (unpaired) electrons. The molecule has 0 saturated heterocycles. The lowest BCUT2D eigenvalue weighted by atomic mass is 10.2. The van der Waals surface area contributed by atoms with E-state index in [9.17, 15) is 4.79 Å². The van der Waals surface area contributed by atoms with Gasteiger partial charge >= 0.3 is 0 Å². The molecule has 1 aromatic rings. The van der Waals surface area contributed by atoms with Crippen molar-refractivity contribution in [3.63, 3.8) is 0 Å². The Kier molecular flexibility index (Phi) is 7.98. The van der Waals surface area contributed by atoms with Gasteiger partial charge in [-0.25, -0.2) is 0 Å². The molecule has 0 aliphatic heterocycles. The zero-order valence-corrected chi connectivity index (χ0v) is 12.8. The van der Waals surface area contributed by atoms with Crippen molar-refractivity contribution < 1.29 is 9.53 Å². The largest absolute Gasteiger partial charge is 0.495 e. The number of methoxy groups -OCH3 is 1. The van der Waals surface area contributed by atoms with Crippen molar-refractivity contribution in [2.24, 2.45) is 5.73 Å². The third kappa shape index (κ3) is 5.71. The van der Waals surface area contributed by atoms with Crippen molar-refractivity contribution in [2.75, 3.05) is 12.4 Å². The number of benzene rings is 1. The van der Waals surface area contributed by atoms with E-state index in [0.717, 1.165) is 10.2 Å². The highest BCUT2D eigenvalue weighted by Gasteiger charge is 2.06. The molecule has 0 fully saturated rings. The molecule has 1 atom stereocenters. The van der Waals surface area contributed by atoms with E-state index >= 15 is 0 Å². The summed E-state index contributed by atoms with van der Waals surface area (Å²) in [7, 11) is 1.59. The molecule has 4 nitrogen and oxygen atoms in total. The van der Waals surface area contributed by atoms with Gasteiger partial charge in [0.05, 0.1) is 11.6 Å². The molecule has 0 bridgehead atoms. The molecule has 0 heterocycles. The zero-order chi connectivity index (χ0) is 12.8. The van der Waals surface area contributed by atoms with Gasteiger partial charge in [-0.2, -0.15) is 0 Å². The Balaban J connectivity index is 0.00000289. The van der Waals surface area contributed by atoms with Gasteiger partial charge in [-0.3, -0.25) is 4.79 Å². The van der Waals surface area contributed by atoms with Gasteiger partial charge in [-0.05, 0) is 41.4 Å². The second-order valence-electron chi connectivity index (χ2n) is 3.91. The van der Waals surface area contributed by atoms with Gasteiger partial charge < -0.3 is 15.8 Å². The fourth-order valence-corrected chi connectivity index (χ4v) is 1.73. The van der Waals surface area contributed by atoms with Gasteiger partial charge in [-0.1, -0.05) is 0 Å². The van der Waals surface area contributed by atoms with Crippen LogP contribution in [0.15, 0.2) is 22.7 Å². The van der Waals surface area contributed by atoms with E-state index < -0.39 is 0 Å². The number of anilines is 1. The van der Waals surface area contributed by atoms with Crippen LogP contribution in [0.1, 0.15) is 19.8 Å². The first-order chi connectivity index (χ1) is 8.02. The van der Waals surface area contributed by atoms with E-state index in [-0.39, 0.29) is 24.4 Å². The van der Waals surface area contributed by atoms with Crippen molar-refractivity contribution in [3.8, 4) is 5.75 Å². The maximum atomic E-state index is 11.6. The molecule has 0 spiro atoms. The number of hydrogen-bond acceptors (Lipinski definition) is 3. The van der Waals surface area contributed by atoms with E-state index in [0.29, 0.717) is 18.6 Å². The summed E-state index contributed by atoms with van der Waals surface area (Å²) in [6, 6.07) is 5.46. The van der Waals surface area contributed by atoms with Crippen LogP contribution in [-0.2, 0) is 4.79 Å². The minimum atomic E-state index is -0.0355. The fourth-order valence-electron chi connectivity index (χ4n) is 1.32. The summed E-state index contributed by atoms with van der Waals surface area (Å²) in [5.74, 6) is 0.654. The Morgan fingerprint density at radius 2 is 2.22 bits per heavy atom. The first-order valence-electron chi connectivity index (χ1n) is 5.42. The van der Waals surface area contributed by atoms with E-state index in [1.165, 1.54) is 0 Å². The highest BCUT2D eigenvalue weighted by atomic mass is 79.9. The number of nitrogens with two attached hydrogens (primary N) is 1. The van der Waals surface area contributed by atoms with Crippen LogP contribution >= 0.6 is 28.3 Å². The van der Waals surface area contributed by atoms with Crippen molar-refractivity contribution in [1.29, 1.82) is 0 Å². The van der Waals surface area contributed by atoms with E-state index in [1.807, 2.05) is 19.1 Å². The van der Waals surface area contributed by atoms with Gasteiger partial charge in [-0.15, -0.1) is 12.4 Å². The topological polar surface area (TPSA) is 64.3 Å². The lowest BCUT2D eigenvalue weighted by Crippen LogP contribution is -2.19. The van der Waals surface area contributed by atoms with Crippen molar-refractivity contribution in [3.05, 3.63) is 22.7 Å². The Labute approximate surface area is 122 Å². The molecule has 0 aliphatic rings. The normalized spacial score (nSPS) is 11.3. The van der Waals surface area contributed by atoms with Gasteiger partial charge in [0.25, 0.3) is 0 Å². The summed E-state index contributed by atoms with van der Waals surface area (Å²) in [5.41, 5.74) is 6.32. The van der Waals surface area contributed by atoms with Gasteiger partial charge in [0.1, 0.15) is 5.75 Å². The third-order valence-corrected chi connectivity index (χ3v) is 2.92. The van der Waals surface area contributed by atoms with Crippen LogP contribution in [0.2, 0.25) is 0 Å². The maximum Gasteiger partial charge on any atom is 0.224 e. The molecule has 1 aromatic carbocycles. The first kappa shape index (κ1) is 17.2. The van der Waals surface area contributed by atoms with Crippen LogP contribution in [0.4, 0.5) is 5.69 Å². The standard InChI is InChI=1S/C12H17BrN2O2.ClH/c1-8(14)3-6-12(16)15-9-4-5-10(13)11(7-9)17-2;/h4-5,7-8H,3,6,14H2,1-2H3,(H,15,16);1H. The van der Waals surface area contributed by atoms with E-state index in [2.05, 4.69) is 21.2 Å². The van der Waals surface area contributed by atoms with E-state index in [1.54, 1.807) is 13.2 Å². The summed E-state index contributed by atoms with van der Waals surface area (Å²) in [6.45, 7) is 1.88. The number of ether oxygens (including phenoxy) is 1. The Hall–Kier alpha value is -0.780. The van der Waals surface area contributed by atoms with Gasteiger partial charge in [0, 0.05) is 24.2 Å². The third-order valence-electron chi connectivity index (χ3n) is 2.26. The van der Waals surface area contributed by atoms with E-state index in [4.69, 9.17) is 10.5 Å². The number of carbonyl (C=O) groups excluding carboxylic acids is 1. The molecule has 0 saturated carbocycles. The Morgan fingerprint density at radius 1 is 1.56 bits per heavy atom. The van der Waals surface area contributed by atoms with Gasteiger partial charge in [0.2, 0.25) is 5.91 Å². The number of nitrogens with one attached hydrogen (secondary N) is 1. The van der Waals surface area contributed by atoms with Gasteiger partial charge in [0.15, 0.2) is 0 Å². The number of carbonyl (C=O) groups is 1. The SMILES string of the molecule is COc1cc(NC(=O)CCC(C)N)ccc1Br.Cl. The summed E-state index contributed by atoms with van der Waals surface area (Å²) < 4.78 is 6.00. The second kappa shape index (κ2) is 8.34. The zero-order valence-electron chi connectivity index (χ0n) is 10.4. The molecule has 1 amide bonds. The van der Waals surface area contributed by atoms with Crippen molar-refractivity contribution >= 4 is 39.9 Å². The monoisotopic (exact) mass is 336 g/mol. The van der Waals surface area contributed by atoms with Crippen LogP contribution in [0.5, 0.6) is 5.75 Å². The molecule has 18 heavy (non-hydrogen) atoms. The highest BCUT2D eigenvalue weighted by molar-refractivity contribution is 9.10. The smallest absolute Gasteiger partial charge is 0.224 e. The number of hydrogen-bond donors (Lipinski definition) is 2. The lowest BCUT2D eigenvalue weighted by Gasteiger charge is -2.09. The van der Waals surface area contributed by atoms with Crippen LogP contribution in [0.25, 0.3) is 0 Å². The van der Waals surface area contributed by atoms with Crippen LogP contribution in [0, 0.1) is 0 Å². The summed E-state index contributed by atoms with van der Waals surface area (Å²) in [5, 5.41) is 2.80. The average Bonchev–Trinajstić information content (AvgIpc) is 2.29. The van der Waals surface area contributed by atoms with Crippen molar-refractivity contribution in [1.82, 2.24) is 0 Å². The molecule has 0 aromatic heterocycles.